The molecule has 5 heteroatoms. The van der Waals surface area contributed by atoms with E-state index in [9.17, 15) is 9.90 Å². The summed E-state index contributed by atoms with van der Waals surface area (Å²) in [4.78, 5) is 19.6. The molecular formula is C20H31N3O2. The van der Waals surface area contributed by atoms with E-state index in [-0.39, 0.29) is 23.8 Å². The normalized spacial score (nSPS) is 28.8. The van der Waals surface area contributed by atoms with E-state index in [2.05, 4.69) is 4.57 Å². The first kappa shape index (κ1) is 17.1. The maximum atomic E-state index is 12.9. The lowest BCUT2D eigenvalue weighted by atomic mass is 9.88. The van der Waals surface area contributed by atoms with Crippen LogP contribution in [-0.4, -0.2) is 44.7 Å². The van der Waals surface area contributed by atoms with Gasteiger partial charge in [0.2, 0.25) is 5.91 Å². The number of aliphatic hydroxyl groups excluding tert-OH is 1. The van der Waals surface area contributed by atoms with Crippen molar-refractivity contribution in [3.05, 3.63) is 17.7 Å². The van der Waals surface area contributed by atoms with Gasteiger partial charge >= 0.3 is 0 Å². The van der Waals surface area contributed by atoms with Crippen LogP contribution >= 0.6 is 0 Å². The summed E-state index contributed by atoms with van der Waals surface area (Å²) in [5.74, 6) is 2.53. The lowest BCUT2D eigenvalue weighted by Crippen LogP contribution is -2.38. The average Bonchev–Trinajstić information content (AvgIpc) is 3.28. The van der Waals surface area contributed by atoms with Gasteiger partial charge in [0.05, 0.1) is 6.10 Å². The van der Waals surface area contributed by atoms with Crippen molar-refractivity contribution in [2.75, 3.05) is 13.1 Å². The minimum atomic E-state index is -0.316. The van der Waals surface area contributed by atoms with Crippen LogP contribution in [-0.2, 0) is 17.8 Å². The summed E-state index contributed by atoms with van der Waals surface area (Å²) in [5.41, 5.74) is 1.25. The van der Waals surface area contributed by atoms with Crippen molar-refractivity contribution in [3.8, 4) is 0 Å². The van der Waals surface area contributed by atoms with Gasteiger partial charge in [-0.05, 0) is 32.6 Å². The molecule has 1 aliphatic carbocycles. The number of imidazole rings is 1. The first-order valence-corrected chi connectivity index (χ1v) is 10.1. The molecule has 5 nitrogen and oxygen atoms in total. The van der Waals surface area contributed by atoms with Crippen LogP contribution in [0.25, 0.3) is 0 Å². The zero-order valence-corrected chi connectivity index (χ0v) is 15.4. The molecule has 1 aromatic rings. The summed E-state index contributed by atoms with van der Waals surface area (Å²) in [6.07, 6.45) is 11.0. The van der Waals surface area contributed by atoms with Crippen molar-refractivity contribution in [2.45, 2.75) is 76.9 Å². The highest BCUT2D eigenvalue weighted by atomic mass is 16.3. The number of fused-ring (bicyclic) bond motifs is 1. The molecule has 1 amide bonds. The zero-order chi connectivity index (χ0) is 17.4. The molecule has 1 saturated carbocycles. The smallest absolute Gasteiger partial charge is 0.226 e. The van der Waals surface area contributed by atoms with Crippen LogP contribution in [0.15, 0.2) is 6.20 Å². The summed E-state index contributed by atoms with van der Waals surface area (Å²) in [7, 11) is 0. The van der Waals surface area contributed by atoms with Crippen LogP contribution in [0.1, 0.15) is 69.3 Å². The second-order valence-electron chi connectivity index (χ2n) is 8.36. The van der Waals surface area contributed by atoms with E-state index in [0.717, 1.165) is 38.9 Å². The number of carbonyl (C=O) groups is 1. The standard InChI is InChI=1S/C20H31N3O2/c1-14(24)17-7-9-22(13-17)20(25)16-8-10-23-18(11-16)12-21-19(23)15-5-3-2-4-6-15/h12,14-17,24H,2-11,13H2,1H3. The predicted octanol–water partition coefficient (Wildman–Crippen LogP) is 2.72. The fourth-order valence-electron chi connectivity index (χ4n) is 5.02. The van der Waals surface area contributed by atoms with Crippen molar-refractivity contribution in [1.82, 2.24) is 14.5 Å². The highest BCUT2D eigenvalue weighted by Gasteiger charge is 2.35. The van der Waals surface area contributed by atoms with E-state index in [1.165, 1.54) is 43.6 Å². The largest absolute Gasteiger partial charge is 0.393 e. The Bertz CT molecular complexity index is 618. The summed E-state index contributed by atoms with van der Waals surface area (Å²) >= 11 is 0. The van der Waals surface area contributed by atoms with E-state index in [4.69, 9.17) is 4.98 Å². The van der Waals surface area contributed by atoms with E-state index >= 15 is 0 Å². The van der Waals surface area contributed by atoms with Gasteiger partial charge in [-0.1, -0.05) is 19.3 Å². The van der Waals surface area contributed by atoms with E-state index in [0.29, 0.717) is 5.92 Å². The molecule has 0 radical (unpaired) electrons. The Morgan fingerprint density at radius 2 is 2.00 bits per heavy atom. The first-order chi connectivity index (χ1) is 12.1. The molecular weight excluding hydrogens is 314 g/mol. The van der Waals surface area contributed by atoms with Crippen molar-refractivity contribution in [2.24, 2.45) is 11.8 Å². The van der Waals surface area contributed by atoms with Gasteiger partial charge in [-0.2, -0.15) is 0 Å². The lowest BCUT2D eigenvalue weighted by molar-refractivity contribution is -0.135. The molecule has 4 rings (SSSR count). The van der Waals surface area contributed by atoms with Crippen LogP contribution in [0, 0.1) is 11.8 Å². The average molecular weight is 345 g/mol. The zero-order valence-electron chi connectivity index (χ0n) is 15.4. The molecule has 3 aliphatic rings. The number of nitrogens with zero attached hydrogens (tertiary/aromatic N) is 3. The van der Waals surface area contributed by atoms with E-state index in [1.54, 1.807) is 0 Å². The molecule has 1 N–H and O–H groups in total. The van der Waals surface area contributed by atoms with Crippen molar-refractivity contribution >= 4 is 5.91 Å². The van der Waals surface area contributed by atoms with Crippen LogP contribution < -0.4 is 0 Å². The van der Waals surface area contributed by atoms with Crippen LogP contribution in [0.5, 0.6) is 0 Å². The Labute approximate surface area is 150 Å². The van der Waals surface area contributed by atoms with Crippen molar-refractivity contribution < 1.29 is 9.90 Å². The quantitative estimate of drug-likeness (QED) is 0.916. The maximum Gasteiger partial charge on any atom is 0.226 e. The van der Waals surface area contributed by atoms with Gasteiger partial charge < -0.3 is 14.6 Å². The molecule has 3 heterocycles. The third-order valence-corrected chi connectivity index (χ3v) is 6.66. The molecule has 3 unspecified atom stereocenters. The highest BCUT2D eigenvalue weighted by Crippen LogP contribution is 2.35. The second kappa shape index (κ2) is 7.10. The molecule has 0 spiro atoms. The van der Waals surface area contributed by atoms with E-state index in [1.807, 2.05) is 18.0 Å². The molecule has 0 bridgehead atoms. The Morgan fingerprint density at radius 1 is 1.20 bits per heavy atom. The monoisotopic (exact) mass is 345 g/mol. The van der Waals surface area contributed by atoms with Gasteiger partial charge in [0.1, 0.15) is 5.82 Å². The highest BCUT2D eigenvalue weighted by molar-refractivity contribution is 5.79. The number of hydrogen-bond acceptors (Lipinski definition) is 3. The first-order valence-electron chi connectivity index (χ1n) is 10.1. The van der Waals surface area contributed by atoms with Crippen LogP contribution in [0.4, 0.5) is 0 Å². The fourth-order valence-corrected chi connectivity index (χ4v) is 5.02. The van der Waals surface area contributed by atoms with Crippen molar-refractivity contribution in [3.63, 3.8) is 0 Å². The van der Waals surface area contributed by atoms with Crippen LogP contribution in [0.3, 0.4) is 0 Å². The summed E-state index contributed by atoms with van der Waals surface area (Å²) in [6.45, 7) is 4.30. The van der Waals surface area contributed by atoms with Gasteiger partial charge in [-0.15, -0.1) is 0 Å². The fraction of sp³-hybridized carbons (Fsp3) is 0.800. The molecule has 2 aliphatic heterocycles. The molecule has 2 fully saturated rings. The Hall–Kier alpha value is -1.36. The number of amides is 1. The lowest BCUT2D eigenvalue weighted by Gasteiger charge is -2.30. The molecule has 25 heavy (non-hydrogen) atoms. The third-order valence-electron chi connectivity index (χ3n) is 6.66. The number of rotatable bonds is 3. The number of carbonyl (C=O) groups excluding carboxylic acids is 1. The van der Waals surface area contributed by atoms with Gasteiger partial charge in [0.25, 0.3) is 0 Å². The minimum absolute atomic E-state index is 0.0937. The minimum Gasteiger partial charge on any atom is -0.393 e. The molecule has 3 atom stereocenters. The Kier molecular flexibility index (Phi) is 4.85. The van der Waals surface area contributed by atoms with E-state index < -0.39 is 0 Å². The molecule has 1 aromatic heterocycles. The summed E-state index contributed by atoms with van der Waals surface area (Å²) < 4.78 is 2.41. The molecule has 138 valence electrons. The predicted molar refractivity (Wildman–Crippen MR) is 96.2 cm³/mol. The number of hydrogen-bond donors (Lipinski definition) is 1. The Balaban J connectivity index is 1.41. The number of likely N-dealkylation sites (tertiary alicyclic amines) is 1. The molecule has 1 saturated heterocycles. The number of aliphatic hydroxyl groups is 1. The van der Waals surface area contributed by atoms with Gasteiger partial charge in [-0.3, -0.25) is 4.79 Å². The van der Waals surface area contributed by atoms with Crippen molar-refractivity contribution in [1.29, 1.82) is 0 Å². The third kappa shape index (κ3) is 3.35. The van der Waals surface area contributed by atoms with Gasteiger partial charge in [-0.25, -0.2) is 4.98 Å². The maximum absolute atomic E-state index is 12.9. The van der Waals surface area contributed by atoms with Gasteiger partial charge in [0, 0.05) is 55.7 Å². The molecule has 0 aromatic carbocycles. The number of aromatic nitrogens is 2. The van der Waals surface area contributed by atoms with Gasteiger partial charge in [0.15, 0.2) is 0 Å². The SMILES string of the molecule is CC(O)C1CCN(C(=O)C2CCn3c(cnc3C3CCCCC3)C2)C1. The summed E-state index contributed by atoms with van der Waals surface area (Å²) in [6, 6.07) is 0. The topological polar surface area (TPSA) is 58.4 Å². The Morgan fingerprint density at radius 3 is 2.72 bits per heavy atom. The second-order valence-corrected chi connectivity index (χ2v) is 8.36. The summed E-state index contributed by atoms with van der Waals surface area (Å²) in [5, 5.41) is 9.77. The van der Waals surface area contributed by atoms with Crippen LogP contribution in [0.2, 0.25) is 0 Å².